The van der Waals surface area contributed by atoms with E-state index < -0.39 is 24.0 Å². The molecule has 3 heterocycles. The second-order valence-corrected chi connectivity index (χ2v) is 4.21. The number of fused-ring (bicyclic) bond motifs is 1. The molecule has 0 saturated carbocycles. The number of aliphatic hydroxyl groups excluding tert-OH is 2. The van der Waals surface area contributed by atoms with Gasteiger partial charge in [-0.2, -0.15) is 4.98 Å². The monoisotopic (exact) mass is 355 g/mol. The molecular weight excluding hydrogens is 343 g/mol. The fourth-order valence-electron chi connectivity index (χ4n) is 2.07. The molecule has 0 aliphatic carbocycles. The fourth-order valence-corrected chi connectivity index (χ4v) is 2.07. The molecule has 0 spiro atoms. The molecule has 20 heavy (non-hydrogen) atoms. The van der Waals surface area contributed by atoms with E-state index in [-0.39, 0.29) is 56.4 Å². The van der Waals surface area contributed by atoms with Crippen LogP contribution in [-0.2, 0) is 37.4 Å². The maximum atomic E-state index is 11.9. The average molecular weight is 355 g/mol. The quantitative estimate of drug-likeness (QED) is 0.464. The molecule has 1 radical (unpaired) electrons. The van der Waals surface area contributed by atoms with E-state index in [1.54, 1.807) is 0 Å². The molecule has 3 atom stereocenters. The molecule has 0 unspecified atom stereocenters. The van der Waals surface area contributed by atoms with Gasteiger partial charge in [0.05, 0.1) is 19.0 Å². The van der Waals surface area contributed by atoms with Crippen molar-refractivity contribution in [2.45, 2.75) is 18.4 Å². The molecule has 0 bridgehead atoms. The van der Waals surface area contributed by atoms with E-state index in [0.29, 0.717) is 0 Å². The molecule has 10 heteroatoms. The number of nitrogen functional groups attached to an aromatic ring is 1. The van der Waals surface area contributed by atoms with Crippen LogP contribution in [0.4, 0.5) is 5.95 Å². The van der Waals surface area contributed by atoms with Gasteiger partial charge >= 0.3 is 0 Å². The SMILES string of the molecule is Nc1nc2ncn([C@H]3[CH-][C@@H](O)[C@@H](CO)O3)c2c(=O)[nH]1.[Y]. The smallest absolute Gasteiger partial charge is 0.278 e. The Labute approximate surface area is 138 Å². The summed E-state index contributed by atoms with van der Waals surface area (Å²) < 4.78 is 6.85. The summed E-state index contributed by atoms with van der Waals surface area (Å²) >= 11 is 0. The largest absolute Gasteiger partial charge is 0.422 e. The average Bonchev–Trinajstić information content (AvgIpc) is 2.92. The molecular formula is C10H12N5O4Y-. The molecule has 105 valence electrons. The van der Waals surface area contributed by atoms with Crippen molar-refractivity contribution in [2.75, 3.05) is 12.3 Å². The molecule has 1 fully saturated rings. The minimum absolute atomic E-state index is 0. The standard InChI is InChI=1S/C10H12N5O4.Y/c11-10-13-8-7(9(18)14-10)15(3-12-8)6-1-4(17)5(2-16)19-6;/h1,3-6,16-17H,2H2,(H3,11,13,14,18);/q-1;/t4-,5-,6-;/m1./s1. The van der Waals surface area contributed by atoms with Crippen LogP contribution < -0.4 is 11.3 Å². The summed E-state index contributed by atoms with van der Waals surface area (Å²) in [7, 11) is 0. The number of nitrogens with zero attached hydrogens (tertiary/aromatic N) is 3. The van der Waals surface area contributed by atoms with Crippen molar-refractivity contribution < 1.29 is 47.7 Å². The van der Waals surface area contributed by atoms with Crippen molar-refractivity contribution >= 4 is 17.1 Å². The minimum Gasteiger partial charge on any atom is -0.422 e. The Bertz CT molecular complexity index is 671. The zero-order chi connectivity index (χ0) is 13.6. The van der Waals surface area contributed by atoms with Crippen molar-refractivity contribution in [3.8, 4) is 0 Å². The number of aliphatic hydroxyl groups is 2. The van der Waals surface area contributed by atoms with Crippen molar-refractivity contribution in [3.05, 3.63) is 23.1 Å². The predicted molar refractivity (Wildman–Crippen MR) is 63.9 cm³/mol. The number of imidazole rings is 1. The molecule has 2 aromatic rings. The first-order chi connectivity index (χ1) is 9.10. The van der Waals surface area contributed by atoms with Crippen molar-refractivity contribution in [1.29, 1.82) is 0 Å². The van der Waals surface area contributed by atoms with E-state index >= 15 is 0 Å². The van der Waals surface area contributed by atoms with Crippen LogP contribution in [0.3, 0.4) is 0 Å². The van der Waals surface area contributed by atoms with Gasteiger partial charge in [0.2, 0.25) is 5.95 Å². The molecule has 3 rings (SSSR count). The minimum atomic E-state index is -0.909. The Morgan fingerprint density at radius 2 is 2.35 bits per heavy atom. The van der Waals surface area contributed by atoms with Crippen LogP contribution in [0.5, 0.6) is 0 Å². The number of ether oxygens (including phenoxy) is 1. The Morgan fingerprint density at radius 1 is 1.60 bits per heavy atom. The van der Waals surface area contributed by atoms with Crippen LogP contribution in [0.1, 0.15) is 6.23 Å². The van der Waals surface area contributed by atoms with E-state index in [2.05, 4.69) is 15.0 Å². The summed E-state index contributed by atoms with van der Waals surface area (Å²) in [5.74, 6) is -0.0210. The van der Waals surface area contributed by atoms with Crippen LogP contribution >= 0.6 is 0 Å². The maximum absolute atomic E-state index is 11.9. The number of hydrogen-bond donors (Lipinski definition) is 4. The number of aromatic nitrogens is 4. The summed E-state index contributed by atoms with van der Waals surface area (Å²) in [6.45, 7) is -0.317. The van der Waals surface area contributed by atoms with Gasteiger partial charge < -0.3 is 25.3 Å². The zero-order valence-corrected chi connectivity index (χ0v) is 13.1. The molecule has 0 aromatic carbocycles. The first-order valence-corrected chi connectivity index (χ1v) is 5.62. The van der Waals surface area contributed by atoms with Crippen molar-refractivity contribution in [3.63, 3.8) is 0 Å². The number of hydrogen-bond acceptors (Lipinski definition) is 7. The molecule has 1 saturated heterocycles. The Balaban J connectivity index is 0.00000147. The number of aromatic amines is 1. The number of anilines is 1. The summed E-state index contributed by atoms with van der Waals surface area (Å²) in [4.78, 5) is 22.1. The normalized spacial score (nSPS) is 25.8. The van der Waals surface area contributed by atoms with E-state index in [1.165, 1.54) is 17.3 Å². The van der Waals surface area contributed by atoms with Gasteiger partial charge in [0, 0.05) is 38.9 Å². The van der Waals surface area contributed by atoms with E-state index in [9.17, 15) is 9.90 Å². The van der Waals surface area contributed by atoms with Gasteiger partial charge in [-0.25, -0.2) is 11.4 Å². The summed E-state index contributed by atoms with van der Waals surface area (Å²) in [6, 6.07) is 0. The molecule has 1 aliphatic rings. The summed E-state index contributed by atoms with van der Waals surface area (Å²) in [5.41, 5.74) is 5.37. The molecule has 5 N–H and O–H groups in total. The van der Waals surface area contributed by atoms with Crippen LogP contribution in [-0.4, -0.2) is 48.5 Å². The van der Waals surface area contributed by atoms with Crippen LogP contribution in [0.2, 0.25) is 0 Å². The van der Waals surface area contributed by atoms with Gasteiger partial charge in [-0.05, 0) is 6.10 Å². The van der Waals surface area contributed by atoms with Crippen LogP contribution in [0.25, 0.3) is 11.2 Å². The van der Waals surface area contributed by atoms with Gasteiger partial charge in [0.1, 0.15) is 0 Å². The first-order valence-electron chi connectivity index (χ1n) is 5.62. The first kappa shape index (κ1) is 15.5. The Kier molecular flexibility index (Phi) is 4.55. The van der Waals surface area contributed by atoms with Crippen LogP contribution in [0.15, 0.2) is 11.1 Å². The second-order valence-electron chi connectivity index (χ2n) is 4.21. The van der Waals surface area contributed by atoms with Crippen molar-refractivity contribution in [1.82, 2.24) is 19.5 Å². The summed E-state index contributed by atoms with van der Waals surface area (Å²) in [6.07, 6.45) is 0.526. The van der Waals surface area contributed by atoms with Gasteiger partial charge in [-0.1, -0.05) is 0 Å². The Hall–Kier alpha value is -0.866. The van der Waals surface area contributed by atoms with Gasteiger partial charge in [-0.3, -0.25) is 9.78 Å². The predicted octanol–water partition coefficient (Wildman–Crippen LogP) is -1.85. The number of nitrogens with two attached hydrogens (primary N) is 1. The molecule has 1 aliphatic heterocycles. The molecule has 9 nitrogen and oxygen atoms in total. The second kappa shape index (κ2) is 5.86. The van der Waals surface area contributed by atoms with Crippen molar-refractivity contribution in [2.24, 2.45) is 0 Å². The van der Waals surface area contributed by atoms with Gasteiger partial charge in [0.15, 0.2) is 11.2 Å². The van der Waals surface area contributed by atoms with Gasteiger partial charge in [-0.15, -0.1) is 0 Å². The zero-order valence-electron chi connectivity index (χ0n) is 10.3. The van der Waals surface area contributed by atoms with Gasteiger partial charge in [0.25, 0.3) is 5.56 Å². The molecule has 2 aromatic heterocycles. The molecule has 0 amide bonds. The topological polar surface area (TPSA) is 139 Å². The van der Waals surface area contributed by atoms with E-state index in [4.69, 9.17) is 15.6 Å². The third-order valence-electron chi connectivity index (χ3n) is 2.97. The number of H-pyrrole nitrogens is 1. The van der Waals surface area contributed by atoms with Crippen LogP contribution in [0, 0.1) is 6.42 Å². The summed E-state index contributed by atoms with van der Waals surface area (Å²) in [5, 5.41) is 18.7. The number of nitrogens with one attached hydrogen (secondary N) is 1. The Morgan fingerprint density at radius 3 is 3.00 bits per heavy atom. The fraction of sp³-hybridized carbons (Fsp3) is 0.400. The third-order valence-corrected chi connectivity index (χ3v) is 2.97. The maximum Gasteiger partial charge on any atom is 0.278 e. The third kappa shape index (κ3) is 2.51. The number of rotatable bonds is 2. The van der Waals surface area contributed by atoms with E-state index in [0.717, 1.165) is 0 Å². The van der Waals surface area contributed by atoms with E-state index in [1.807, 2.05) is 0 Å².